The monoisotopic (exact) mass is 347 g/mol. The van der Waals surface area contributed by atoms with E-state index in [4.69, 9.17) is 4.74 Å². The molecule has 0 fully saturated rings. The molecule has 1 aliphatic rings. The first-order chi connectivity index (χ1) is 11.6. The van der Waals surface area contributed by atoms with Gasteiger partial charge in [0.05, 0.1) is 12.4 Å². The first-order valence-electron chi connectivity index (χ1n) is 8.38. The molecular formula is C19H25NO3S. The van der Waals surface area contributed by atoms with Crippen LogP contribution in [0.25, 0.3) is 0 Å². The van der Waals surface area contributed by atoms with Crippen LogP contribution in [0.4, 0.5) is 5.69 Å². The van der Waals surface area contributed by atoms with Crippen LogP contribution in [-0.2, 0) is 16.0 Å². The van der Waals surface area contributed by atoms with Crippen molar-refractivity contribution in [1.29, 1.82) is 0 Å². The molecule has 0 bridgehead atoms. The van der Waals surface area contributed by atoms with Gasteiger partial charge >= 0.3 is 5.97 Å². The van der Waals surface area contributed by atoms with E-state index in [1.54, 1.807) is 11.8 Å². The lowest BCUT2D eigenvalue weighted by atomic mass is 10.1. The summed E-state index contributed by atoms with van der Waals surface area (Å²) in [5.74, 6) is 1.49. The fourth-order valence-corrected chi connectivity index (χ4v) is 3.53. The van der Waals surface area contributed by atoms with Gasteiger partial charge in [0, 0.05) is 30.3 Å². The summed E-state index contributed by atoms with van der Waals surface area (Å²) >= 11 is 1.69. The van der Waals surface area contributed by atoms with E-state index in [2.05, 4.69) is 11.9 Å². The predicted molar refractivity (Wildman–Crippen MR) is 99.7 cm³/mol. The number of hydrogen-bond donors (Lipinski definition) is 1. The largest absolute Gasteiger partial charge is 0.466 e. The van der Waals surface area contributed by atoms with E-state index in [1.165, 1.54) is 6.92 Å². The fraction of sp³-hybridized carbons (Fsp3) is 0.474. The molecule has 1 heterocycles. The first kappa shape index (κ1) is 18.6. The first-order valence-corrected chi connectivity index (χ1v) is 9.54. The lowest BCUT2D eigenvalue weighted by Gasteiger charge is -2.05. The van der Waals surface area contributed by atoms with Crippen LogP contribution in [0.3, 0.4) is 0 Å². The second-order valence-corrected chi connectivity index (χ2v) is 7.11. The maximum Gasteiger partial charge on any atom is 0.302 e. The Balaban J connectivity index is 1.58. The van der Waals surface area contributed by atoms with Gasteiger partial charge in [-0.15, -0.1) is 0 Å². The third-order valence-electron chi connectivity index (χ3n) is 3.86. The zero-order valence-corrected chi connectivity index (χ0v) is 15.0. The van der Waals surface area contributed by atoms with Crippen LogP contribution in [0.5, 0.6) is 0 Å². The Labute approximate surface area is 148 Å². The average molecular weight is 347 g/mol. The zero-order valence-electron chi connectivity index (χ0n) is 14.2. The fourth-order valence-electron chi connectivity index (χ4n) is 2.62. The molecule has 1 N–H and O–H groups in total. The normalized spacial score (nSPS) is 12.6. The molecule has 0 saturated carbocycles. The van der Waals surface area contributed by atoms with Crippen LogP contribution in [0.2, 0.25) is 0 Å². The van der Waals surface area contributed by atoms with E-state index in [9.17, 15) is 9.59 Å². The number of anilines is 1. The molecule has 130 valence electrons. The third kappa shape index (κ3) is 6.04. The summed E-state index contributed by atoms with van der Waals surface area (Å²) in [7, 11) is 0. The lowest BCUT2D eigenvalue weighted by Crippen LogP contribution is -2.03. The number of ether oxygens (including phenoxy) is 1. The molecule has 5 heteroatoms. The van der Waals surface area contributed by atoms with E-state index in [-0.39, 0.29) is 11.8 Å². The molecule has 0 aliphatic carbocycles. The number of thioether (sulfide) groups is 1. The summed E-state index contributed by atoms with van der Waals surface area (Å²) < 4.78 is 4.89. The number of Topliss-reactive ketones (excluding diaryl/α,β-unsaturated/α-hetero) is 1. The highest BCUT2D eigenvalue weighted by atomic mass is 32.2. The van der Waals surface area contributed by atoms with E-state index in [1.807, 2.05) is 18.2 Å². The van der Waals surface area contributed by atoms with E-state index >= 15 is 0 Å². The van der Waals surface area contributed by atoms with Gasteiger partial charge in [-0.3, -0.25) is 9.59 Å². The highest BCUT2D eigenvalue weighted by molar-refractivity contribution is 7.99. The van der Waals surface area contributed by atoms with Crippen molar-refractivity contribution in [2.24, 2.45) is 0 Å². The van der Waals surface area contributed by atoms with Gasteiger partial charge < -0.3 is 10.1 Å². The van der Waals surface area contributed by atoms with Crippen molar-refractivity contribution >= 4 is 29.2 Å². The number of esters is 1. The number of nitrogens with one attached hydrogen (secondary N) is 1. The summed E-state index contributed by atoms with van der Waals surface area (Å²) in [6, 6.07) is 5.84. The minimum atomic E-state index is -0.212. The van der Waals surface area contributed by atoms with Gasteiger partial charge in [-0.2, -0.15) is 11.8 Å². The molecule has 0 spiro atoms. The van der Waals surface area contributed by atoms with Gasteiger partial charge in [0.2, 0.25) is 0 Å². The van der Waals surface area contributed by atoms with Crippen molar-refractivity contribution in [1.82, 2.24) is 0 Å². The van der Waals surface area contributed by atoms with Crippen molar-refractivity contribution in [3.05, 3.63) is 41.6 Å². The Kier molecular flexibility index (Phi) is 7.37. The summed E-state index contributed by atoms with van der Waals surface area (Å²) in [5.41, 5.74) is 4.00. The van der Waals surface area contributed by atoms with Crippen LogP contribution in [0, 0.1) is 0 Å². The maximum absolute atomic E-state index is 12.3. The Morgan fingerprint density at radius 1 is 1.25 bits per heavy atom. The standard InChI is InChI=1S/C19H25NO3S/c1-14-11-17-12-16(7-8-18(17)20-14)19(22)13-24-10-6-4-3-5-9-23-15(2)21/h7-8,12,20H,1,3-6,9-11,13H2,2H3. The van der Waals surface area contributed by atoms with Crippen LogP contribution in [-0.4, -0.2) is 29.9 Å². The topological polar surface area (TPSA) is 55.4 Å². The maximum atomic E-state index is 12.3. The molecule has 2 rings (SSSR count). The Hall–Kier alpha value is -1.75. The zero-order chi connectivity index (χ0) is 17.4. The van der Waals surface area contributed by atoms with Crippen LogP contribution in [0.15, 0.2) is 30.5 Å². The lowest BCUT2D eigenvalue weighted by molar-refractivity contribution is -0.141. The van der Waals surface area contributed by atoms with Crippen molar-refractivity contribution in [3.8, 4) is 0 Å². The molecule has 0 unspecified atom stereocenters. The molecular weight excluding hydrogens is 322 g/mol. The SMILES string of the molecule is C=C1Cc2cc(C(=O)CSCCCCCCOC(C)=O)ccc2N1. The Bertz CT molecular complexity index is 613. The van der Waals surface area contributed by atoms with Gasteiger partial charge in [-0.1, -0.05) is 19.4 Å². The minimum absolute atomic E-state index is 0.190. The summed E-state index contributed by atoms with van der Waals surface area (Å²) in [4.78, 5) is 22.9. The number of carbonyl (C=O) groups excluding carboxylic acids is 2. The minimum Gasteiger partial charge on any atom is -0.466 e. The number of benzene rings is 1. The smallest absolute Gasteiger partial charge is 0.302 e. The van der Waals surface area contributed by atoms with Crippen molar-refractivity contribution < 1.29 is 14.3 Å². The highest BCUT2D eigenvalue weighted by Crippen LogP contribution is 2.28. The van der Waals surface area contributed by atoms with Gasteiger partial charge in [0.1, 0.15) is 0 Å². The highest BCUT2D eigenvalue weighted by Gasteiger charge is 2.15. The van der Waals surface area contributed by atoms with Crippen molar-refractivity contribution in [2.45, 2.75) is 39.0 Å². The van der Waals surface area contributed by atoms with Gasteiger partial charge in [0.15, 0.2) is 5.78 Å². The second kappa shape index (κ2) is 9.52. The molecule has 1 aromatic carbocycles. The molecule has 0 amide bonds. The molecule has 1 aliphatic heterocycles. The van der Waals surface area contributed by atoms with Crippen LogP contribution >= 0.6 is 11.8 Å². The van der Waals surface area contributed by atoms with E-state index in [0.717, 1.165) is 60.4 Å². The quantitative estimate of drug-likeness (QED) is 0.390. The van der Waals surface area contributed by atoms with Crippen LogP contribution < -0.4 is 5.32 Å². The number of fused-ring (bicyclic) bond motifs is 1. The number of unbranched alkanes of at least 4 members (excludes halogenated alkanes) is 3. The number of ketones is 1. The summed E-state index contributed by atoms with van der Waals surface area (Å²) in [5, 5.41) is 3.21. The van der Waals surface area contributed by atoms with Crippen molar-refractivity contribution in [2.75, 3.05) is 23.4 Å². The molecule has 0 atom stereocenters. The molecule has 0 aromatic heterocycles. The number of allylic oxidation sites excluding steroid dienone is 1. The molecule has 24 heavy (non-hydrogen) atoms. The summed E-state index contributed by atoms with van der Waals surface area (Å²) in [6.07, 6.45) is 4.97. The number of carbonyl (C=O) groups is 2. The van der Waals surface area contributed by atoms with E-state index in [0.29, 0.717) is 12.4 Å². The van der Waals surface area contributed by atoms with E-state index < -0.39 is 0 Å². The third-order valence-corrected chi connectivity index (χ3v) is 4.91. The van der Waals surface area contributed by atoms with Gasteiger partial charge in [0.25, 0.3) is 0 Å². The average Bonchev–Trinajstić information content (AvgIpc) is 2.91. The molecule has 1 aromatic rings. The predicted octanol–water partition coefficient (Wildman–Crippen LogP) is 4.21. The van der Waals surface area contributed by atoms with Crippen molar-refractivity contribution in [3.63, 3.8) is 0 Å². The summed E-state index contributed by atoms with van der Waals surface area (Å²) in [6.45, 7) is 5.87. The number of hydrogen-bond acceptors (Lipinski definition) is 5. The Morgan fingerprint density at radius 2 is 2.04 bits per heavy atom. The van der Waals surface area contributed by atoms with Gasteiger partial charge in [-0.25, -0.2) is 0 Å². The molecule has 0 radical (unpaired) electrons. The van der Waals surface area contributed by atoms with Crippen LogP contribution in [0.1, 0.15) is 48.5 Å². The molecule has 0 saturated heterocycles. The number of rotatable bonds is 10. The van der Waals surface area contributed by atoms with Gasteiger partial charge in [-0.05, 0) is 42.4 Å². The Morgan fingerprint density at radius 3 is 2.83 bits per heavy atom. The molecule has 4 nitrogen and oxygen atoms in total. The second-order valence-electron chi connectivity index (χ2n) is 6.01.